The molecule has 0 amide bonds. The second-order valence-electron chi connectivity index (χ2n) is 17.0. The summed E-state index contributed by atoms with van der Waals surface area (Å²) in [4.78, 5) is 11.9. The van der Waals surface area contributed by atoms with Crippen molar-refractivity contribution >= 4 is 92.7 Å². The molecule has 0 N–H and O–H groups in total. The Bertz CT molecular complexity index is 3840. The Balaban J connectivity index is 0.926. The minimum Gasteiger partial charge on any atom is -0.310 e. The van der Waals surface area contributed by atoms with Crippen LogP contribution in [-0.4, -0.2) is 9.97 Å². The van der Waals surface area contributed by atoms with Gasteiger partial charge in [0.05, 0.1) is 11.0 Å². The predicted molar refractivity (Wildman–Crippen MR) is 276 cm³/mol. The zero-order chi connectivity index (χ0) is 42.8. The molecule has 0 saturated carbocycles. The summed E-state index contributed by atoms with van der Waals surface area (Å²) in [6.07, 6.45) is 3.75. The number of anilines is 3. The smallest absolute Gasteiger partial charge is 0.0714 e. The van der Waals surface area contributed by atoms with Crippen molar-refractivity contribution in [2.24, 2.45) is 0 Å². The quantitative estimate of drug-likeness (QED) is 0.156. The average molecular weight is 826 g/mol. The van der Waals surface area contributed by atoms with E-state index in [0.29, 0.717) is 0 Å². The molecule has 302 valence electrons. The summed E-state index contributed by atoms with van der Waals surface area (Å²) in [6.45, 7) is 0. The molecular formula is C62H39N3. The number of pyridine rings is 2. The number of fused-ring (bicyclic) bond motifs is 10. The Morgan fingerprint density at radius 1 is 0.246 bits per heavy atom. The third-order valence-corrected chi connectivity index (χ3v) is 13.3. The monoisotopic (exact) mass is 825 g/mol. The van der Waals surface area contributed by atoms with Crippen molar-refractivity contribution in [3.05, 3.63) is 237 Å². The second-order valence-corrected chi connectivity index (χ2v) is 17.0. The molecule has 65 heavy (non-hydrogen) atoms. The van der Waals surface area contributed by atoms with E-state index in [-0.39, 0.29) is 0 Å². The van der Waals surface area contributed by atoms with Gasteiger partial charge in [-0.05, 0) is 160 Å². The van der Waals surface area contributed by atoms with Crippen LogP contribution in [0.3, 0.4) is 0 Å². The van der Waals surface area contributed by atoms with Gasteiger partial charge in [0.25, 0.3) is 0 Å². The predicted octanol–water partition coefficient (Wildman–Crippen LogP) is 17.0. The fourth-order valence-corrected chi connectivity index (χ4v) is 10.1. The summed E-state index contributed by atoms with van der Waals surface area (Å²) >= 11 is 0. The largest absolute Gasteiger partial charge is 0.310 e. The lowest BCUT2D eigenvalue weighted by Crippen LogP contribution is -2.10. The standard InChI is InChI=1S/C62H39N3/c1-2-10-43-35-44(18-17-40(43)9-1)45-25-31-51-46(36-45)19-20-47-37-50(30-32-52(47)51)65(48-26-21-41(22-27-48)59-38-61-57(15-7-33-63-61)53-11-3-5-13-55(53)59)49-28-23-42(24-29-49)60-39-62-58(16-8-34-64-62)54-12-4-6-14-56(54)60/h1-39H. The number of hydrogen-bond acceptors (Lipinski definition) is 3. The van der Waals surface area contributed by atoms with Crippen LogP contribution in [0.5, 0.6) is 0 Å². The molecule has 0 atom stereocenters. The summed E-state index contributed by atoms with van der Waals surface area (Å²) in [7, 11) is 0. The minimum absolute atomic E-state index is 0.996. The molecule has 13 rings (SSSR count). The van der Waals surface area contributed by atoms with Crippen molar-refractivity contribution in [1.82, 2.24) is 9.97 Å². The first kappa shape index (κ1) is 36.9. The maximum Gasteiger partial charge on any atom is 0.0714 e. The first-order valence-electron chi connectivity index (χ1n) is 22.2. The van der Waals surface area contributed by atoms with Crippen LogP contribution in [0, 0.1) is 0 Å². The van der Waals surface area contributed by atoms with Crippen molar-refractivity contribution in [2.45, 2.75) is 0 Å². The van der Waals surface area contributed by atoms with Gasteiger partial charge >= 0.3 is 0 Å². The molecule has 0 saturated heterocycles. The molecule has 0 fully saturated rings. The first-order chi connectivity index (χ1) is 32.2. The number of aromatic nitrogens is 2. The van der Waals surface area contributed by atoms with Crippen LogP contribution in [0.1, 0.15) is 0 Å². The Morgan fingerprint density at radius 2 is 0.662 bits per heavy atom. The van der Waals surface area contributed by atoms with Gasteiger partial charge in [-0.25, -0.2) is 0 Å². The van der Waals surface area contributed by atoms with Crippen molar-refractivity contribution in [2.75, 3.05) is 4.90 Å². The summed E-state index contributed by atoms with van der Waals surface area (Å²) in [5, 5.41) is 14.6. The maximum atomic E-state index is 4.76. The highest BCUT2D eigenvalue weighted by Crippen LogP contribution is 2.42. The summed E-state index contributed by atoms with van der Waals surface area (Å²) < 4.78 is 0. The van der Waals surface area contributed by atoms with Crippen molar-refractivity contribution in [3.8, 4) is 33.4 Å². The molecule has 0 radical (unpaired) electrons. The summed E-state index contributed by atoms with van der Waals surface area (Å²) in [5.74, 6) is 0. The third kappa shape index (κ3) is 6.28. The lowest BCUT2D eigenvalue weighted by Gasteiger charge is -2.26. The summed E-state index contributed by atoms with van der Waals surface area (Å²) in [6, 6.07) is 81.8. The van der Waals surface area contributed by atoms with Crippen molar-refractivity contribution in [3.63, 3.8) is 0 Å². The van der Waals surface area contributed by atoms with Gasteiger partial charge in [0.1, 0.15) is 0 Å². The van der Waals surface area contributed by atoms with Crippen LogP contribution >= 0.6 is 0 Å². The van der Waals surface area contributed by atoms with E-state index < -0.39 is 0 Å². The Morgan fingerprint density at radius 3 is 1.25 bits per heavy atom. The van der Waals surface area contributed by atoms with E-state index >= 15 is 0 Å². The lowest BCUT2D eigenvalue weighted by atomic mass is 9.94. The topological polar surface area (TPSA) is 29.0 Å². The molecule has 0 aliphatic heterocycles. The molecule has 11 aromatic carbocycles. The van der Waals surface area contributed by atoms with Gasteiger partial charge in [-0.1, -0.05) is 152 Å². The van der Waals surface area contributed by atoms with Gasteiger partial charge in [-0.15, -0.1) is 0 Å². The van der Waals surface area contributed by atoms with Crippen LogP contribution in [0.2, 0.25) is 0 Å². The maximum absolute atomic E-state index is 4.76. The second kappa shape index (κ2) is 15.0. The molecular weight excluding hydrogens is 787 g/mol. The fourth-order valence-electron chi connectivity index (χ4n) is 10.1. The van der Waals surface area contributed by atoms with Gasteiger partial charge in [-0.3, -0.25) is 9.97 Å². The first-order valence-corrected chi connectivity index (χ1v) is 22.2. The van der Waals surface area contributed by atoms with Gasteiger partial charge < -0.3 is 4.90 Å². The molecule has 3 heteroatoms. The molecule has 2 aromatic heterocycles. The number of hydrogen-bond donors (Lipinski definition) is 0. The van der Waals surface area contributed by atoms with E-state index in [1.807, 2.05) is 24.5 Å². The van der Waals surface area contributed by atoms with E-state index in [1.165, 1.54) is 86.9 Å². The zero-order valence-corrected chi connectivity index (χ0v) is 35.4. The number of rotatable bonds is 6. The minimum atomic E-state index is 0.996. The van der Waals surface area contributed by atoms with Gasteiger partial charge in [-0.2, -0.15) is 0 Å². The van der Waals surface area contributed by atoms with Crippen molar-refractivity contribution < 1.29 is 0 Å². The molecule has 0 unspecified atom stereocenters. The van der Waals surface area contributed by atoms with Crippen LogP contribution in [0.15, 0.2) is 237 Å². The highest BCUT2D eigenvalue weighted by atomic mass is 15.1. The van der Waals surface area contributed by atoms with E-state index in [4.69, 9.17) is 9.97 Å². The van der Waals surface area contributed by atoms with Crippen LogP contribution in [0.25, 0.3) is 109 Å². The van der Waals surface area contributed by atoms with Crippen LogP contribution in [-0.2, 0) is 0 Å². The van der Waals surface area contributed by atoms with Crippen LogP contribution < -0.4 is 4.90 Å². The molecule has 0 aliphatic carbocycles. The Labute approximate surface area is 376 Å². The molecule has 0 bridgehead atoms. The van der Waals surface area contributed by atoms with Crippen LogP contribution in [0.4, 0.5) is 17.1 Å². The van der Waals surface area contributed by atoms with Crippen molar-refractivity contribution in [1.29, 1.82) is 0 Å². The molecule has 13 aromatic rings. The molecule has 0 aliphatic rings. The highest BCUT2D eigenvalue weighted by molar-refractivity contribution is 6.14. The van der Waals surface area contributed by atoms with E-state index in [1.54, 1.807) is 0 Å². The molecule has 2 heterocycles. The normalized spacial score (nSPS) is 11.7. The highest BCUT2D eigenvalue weighted by Gasteiger charge is 2.17. The van der Waals surface area contributed by atoms with E-state index in [0.717, 1.165) is 39.2 Å². The Kier molecular flexibility index (Phi) is 8.53. The Hall–Kier alpha value is -8.66. The number of nitrogens with zero attached hydrogens (tertiary/aromatic N) is 3. The van der Waals surface area contributed by atoms with E-state index in [2.05, 4.69) is 217 Å². The van der Waals surface area contributed by atoms with Gasteiger partial charge in [0.2, 0.25) is 0 Å². The third-order valence-electron chi connectivity index (χ3n) is 13.3. The number of benzene rings is 11. The zero-order valence-electron chi connectivity index (χ0n) is 35.4. The van der Waals surface area contributed by atoms with E-state index in [9.17, 15) is 0 Å². The lowest BCUT2D eigenvalue weighted by molar-refractivity contribution is 1.29. The summed E-state index contributed by atoms with van der Waals surface area (Å²) in [5.41, 5.74) is 12.3. The molecule has 3 nitrogen and oxygen atoms in total. The SMILES string of the molecule is c1ccc2cc(-c3ccc4c(ccc5cc(N(c6ccc(-c7cc8ncccc8c8ccccc78)cc6)c6ccc(-c7cc8ncccc8c8ccccc78)cc6)ccc54)c3)ccc2c1. The molecule has 0 spiro atoms. The van der Waals surface area contributed by atoms with Gasteiger partial charge in [0.15, 0.2) is 0 Å². The van der Waals surface area contributed by atoms with Gasteiger partial charge in [0, 0.05) is 40.2 Å². The average Bonchev–Trinajstić information content (AvgIpc) is 3.38. The fraction of sp³-hybridized carbons (Fsp3) is 0.